The Kier molecular flexibility index (Phi) is 6.74. The van der Waals surface area contributed by atoms with Gasteiger partial charge in [-0.1, -0.05) is 6.92 Å². The number of imidazole rings is 1. The summed E-state index contributed by atoms with van der Waals surface area (Å²) in [6.07, 6.45) is -1.29. The molecule has 19 heteroatoms. The standard InChI is InChI=1S/C12H20N5O11P3/c1-6-9(18)7(2-3-29(19,20)27-31(24,25)28-30(21,22)23)26-12(6)17-5-16-8-10(13)14-4-15-11(8)17/h4-7,9,12,18H,2-3H2,1H3,(H,19,20)(H,24,25)(H2,13,14,15)(H2,21,22,23)/t6-,7-,9+,12-/m1/s1. The fourth-order valence-corrected chi connectivity index (χ4v) is 6.81. The number of nitrogen functional groups attached to an aromatic ring is 1. The van der Waals surface area contributed by atoms with E-state index in [1.165, 1.54) is 17.2 Å². The van der Waals surface area contributed by atoms with Gasteiger partial charge >= 0.3 is 23.2 Å². The Morgan fingerprint density at radius 3 is 2.48 bits per heavy atom. The molecule has 7 N–H and O–H groups in total. The van der Waals surface area contributed by atoms with Gasteiger partial charge in [-0.2, -0.15) is 4.31 Å². The van der Waals surface area contributed by atoms with E-state index in [1.807, 2.05) is 0 Å². The highest BCUT2D eigenvalue weighted by molar-refractivity contribution is 7.68. The summed E-state index contributed by atoms with van der Waals surface area (Å²) >= 11 is 0. The van der Waals surface area contributed by atoms with E-state index in [0.29, 0.717) is 11.2 Å². The number of hydrogen-bond donors (Lipinski definition) is 6. The summed E-state index contributed by atoms with van der Waals surface area (Å²) in [6.45, 7) is 1.66. The highest BCUT2D eigenvalue weighted by Crippen LogP contribution is 2.66. The zero-order valence-electron chi connectivity index (χ0n) is 15.8. The number of fused-ring (bicyclic) bond motifs is 1. The molecule has 2 aromatic rings. The number of nitrogens with zero attached hydrogens (tertiary/aromatic N) is 4. The minimum Gasteiger partial charge on any atom is -0.390 e. The van der Waals surface area contributed by atoms with Crippen LogP contribution in [0.25, 0.3) is 11.2 Å². The van der Waals surface area contributed by atoms with Crippen molar-refractivity contribution in [3.63, 3.8) is 0 Å². The lowest BCUT2D eigenvalue weighted by Gasteiger charge is -2.19. The molecular formula is C12H20N5O11P3. The van der Waals surface area contributed by atoms with Crippen LogP contribution in [0.2, 0.25) is 0 Å². The zero-order valence-corrected chi connectivity index (χ0v) is 18.5. The summed E-state index contributed by atoms with van der Waals surface area (Å²) in [6, 6.07) is 0. The van der Waals surface area contributed by atoms with Gasteiger partial charge in [-0.05, 0) is 6.42 Å². The van der Waals surface area contributed by atoms with Crippen LogP contribution in [0.1, 0.15) is 19.6 Å². The summed E-state index contributed by atoms with van der Waals surface area (Å²) in [5, 5.41) is 10.5. The molecule has 31 heavy (non-hydrogen) atoms. The average Bonchev–Trinajstić information content (AvgIpc) is 3.13. The topological polar surface area (TPSA) is 250 Å². The Balaban J connectivity index is 1.69. The SMILES string of the molecule is C[C@@H]1[C@H](O)[C@@H](CCP(=O)(O)OP(=O)(O)OP(=O)(O)O)O[C@H]1n1cnc2c(N)ncnc21. The van der Waals surface area contributed by atoms with Gasteiger partial charge in [0, 0.05) is 5.92 Å². The number of rotatable bonds is 8. The molecule has 0 saturated carbocycles. The highest BCUT2D eigenvalue weighted by Gasteiger charge is 2.45. The predicted octanol–water partition coefficient (Wildman–Crippen LogP) is 0.105. The maximum atomic E-state index is 12.1. The average molecular weight is 503 g/mol. The van der Waals surface area contributed by atoms with Gasteiger partial charge in [0.2, 0.25) is 0 Å². The molecule has 0 spiro atoms. The van der Waals surface area contributed by atoms with Crippen molar-refractivity contribution < 1.29 is 51.7 Å². The number of anilines is 1. The highest BCUT2D eigenvalue weighted by atomic mass is 31.3. The molecule has 0 aromatic carbocycles. The second-order valence-electron chi connectivity index (χ2n) is 6.77. The third-order valence-electron chi connectivity index (χ3n) is 4.48. The van der Waals surface area contributed by atoms with Crippen LogP contribution >= 0.6 is 23.2 Å². The first kappa shape index (κ1) is 24.4. The third kappa shape index (κ3) is 5.75. The lowest BCUT2D eigenvalue weighted by Crippen LogP contribution is -2.26. The molecule has 1 saturated heterocycles. The molecule has 1 aliphatic heterocycles. The smallest absolute Gasteiger partial charge is 0.390 e. The van der Waals surface area contributed by atoms with Crippen molar-refractivity contribution in [3.05, 3.63) is 12.7 Å². The quantitative estimate of drug-likeness (QED) is 0.261. The van der Waals surface area contributed by atoms with Crippen molar-refractivity contribution >= 4 is 40.2 Å². The minimum absolute atomic E-state index is 0.149. The number of phosphoric acid groups is 2. The van der Waals surface area contributed by atoms with E-state index >= 15 is 0 Å². The number of hydrogen-bond acceptors (Lipinski definition) is 11. The van der Waals surface area contributed by atoms with Crippen LogP contribution in [-0.2, 0) is 27.1 Å². The summed E-state index contributed by atoms with van der Waals surface area (Å²) in [5.41, 5.74) is 6.43. The van der Waals surface area contributed by atoms with Gasteiger partial charge in [0.1, 0.15) is 18.1 Å². The van der Waals surface area contributed by atoms with E-state index in [2.05, 4.69) is 23.6 Å². The molecule has 0 amide bonds. The summed E-state index contributed by atoms with van der Waals surface area (Å²) in [5.74, 6) is -0.365. The van der Waals surface area contributed by atoms with Gasteiger partial charge in [-0.15, -0.1) is 0 Å². The number of aromatic nitrogens is 4. The molecule has 0 bridgehead atoms. The Bertz CT molecular complexity index is 1110. The van der Waals surface area contributed by atoms with E-state index in [1.54, 1.807) is 6.92 Å². The van der Waals surface area contributed by atoms with Gasteiger partial charge < -0.3 is 35.2 Å². The first-order valence-corrected chi connectivity index (χ1v) is 13.4. The lowest BCUT2D eigenvalue weighted by atomic mass is 10.0. The number of aliphatic hydroxyl groups excluding tert-OH is 1. The van der Waals surface area contributed by atoms with Crippen LogP contribution in [-0.4, -0.2) is 62.6 Å². The molecule has 3 rings (SSSR count). The second kappa shape index (κ2) is 8.58. The molecule has 16 nitrogen and oxygen atoms in total. The number of nitrogens with two attached hydrogens (primary N) is 1. The molecule has 0 aliphatic carbocycles. The second-order valence-corrected chi connectivity index (χ2v) is 11.7. The Labute approximate surface area is 174 Å². The summed E-state index contributed by atoms with van der Waals surface area (Å²) < 4.78 is 49.0. The van der Waals surface area contributed by atoms with Crippen molar-refractivity contribution in [1.82, 2.24) is 19.5 Å². The summed E-state index contributed by atoms with van der Waals surface area (Å²) in [4.78, 5) is 48.1. The zero-order chi connectivity index (χ0) is 23.2. The molecule has 3 heterocycles. The molecule has 1 fully saturated rings. The van der Waals surface area contributed by atoms with Crippen LogP contribution < -0.4 is 5.73 Å². The van der Waals surface area contributed by atoms with Crippen LogP contribution in [0.4, 0.5) is 5.82 Å². The Hall–Kier alpha value is -1.28. The fourth-order valence-electron chi connectivity index (χ4n) is 3.15. The Morgan fingerprint density at radius 1 is 1.16 bits per heavy atom. The maximum Gasteiger partial charge on any atom is 0.488 e. The lowest BCUT2D eigenvalue weighted by molar-refractivity contribution is -0.0211. The Morgan fingerprint density at radius 2 is 1.84 bits per heavy atom. The fraction of sp³-hybridized carbons (Fsp3) is 0.583. The van der Waals surface area contributed by atoms with E-state index in [-0.39, 0.29) is 12.2 Å². The van der Waals surface area contributed by atoms with Crippen molar-refractivity contribution in [1.29, 1.82) is 0 Å². The van der Waals surface area contributed by atoms with Gasteiger partial charge in [0.05, 0.1) is 24.7 Å². The molecule has 174 valence electrons. The molecule has 6 atom stereocenters. The van der Waals surface area contributed by atoms with E-state index in [0.717, 1.165) is 0 Å². The third-order valence-corrected chi connectivity index (χ3v) is 8.83. The molecular weight excluding hydrogens is 483 g/mol. The molecule has 1 aliphatic rings. The van der Waals surface area contributed by atoms with Crippen molar-refractivity contribution in [2.24, 2.45) is 5.92 Å². The maximum absolute atomic E-state index is 12.1. The van der Waals surface area contributed by atoms with Crippen LogP contribution in [0.15, 0.2) is 12.7 Å². The minimum atomic E-state index is -5.53. The normalized spacial score (nSPS) is 28.5. The first-order valence-electron chi connectivity index (χ1n) is 8.58. The van der Waals surface area contributed by atoms with Gasteiger partial charge in [0.15, 0.2) is 11.5 Å². The molecule has 0 radical (unpaired) electrons. The monoisotopic (exact) mass is 503 g/mol. The number of aliphatic hydroxyl groups is 1. The van der Waals surface area contributed by atoms with E-state index in [4.69, 9.17) is 20.3 Å². The number of ether oxygens (including phenoxy) is 1. The molecule has 2 aromatic heterocycles. The van der Waals surface area contributed by atoms with E-state index in [9.17, 15) is 28.6 Å². The van der Waals surface area contributed by atoms with Gasteiger partial charge in [-0.3, -0.25) is 9.13 Å². The van der Waals surface area contributed by atoms with Crippen molar-refractivity contribution in [2.45, 2.75) is 31.8 Å². The van der Waals surface area contributed by atoms with Crippen LogP contribution in [0.3, 0.4) is 0 Å². The van der Waals surface area contributed by atoms with E-state index < -0.39 is 53.8 Å². The summed E-state index contributed by atoms with van der Waals surface area (Å²) in [7, 11) is -15.8. The first-order chi connectivity index (χ1) is 14.2. The predicted molar refractivity (Wildman–Crippen MR) is 102 cm³/mol. The van der Waals surface area contributed by atoms with Gasteiger partial charge in [0.25, 0.3) is 0 Å². The van der Waals surface area contributed by atoms with Crippen LogP contribution in [0.5, 0.6) is 0 Å². The van der Waals surface area contributed by atoms with Crippen molar-refractivity contribution in [3.8, 4) is 0 Å². The molecule has 2 unspecified atom stereocenters. The van der Waals surface area contributed by atoms with Crippen LogP contribution in [0, 0.1) is 5.92 Å². The largest absolute Gasteiger partial charge is 0.488 e. The van der Waals surface area contributed by atoms with Crippen molar-refractivity contribution in [2.75, 3.05) is 11.9 Å². The van der Waals surface area contributed by atoms with Gasteiger partial charge in [-0.25, -0.2) is 28.4 Å².